The van der Waals surface area contributed by atoms with Gasteiger partial charge in [-0.15, -0.1) is 0 Å². The van der Waals surface area contributed by atoms with E-state index < -0.39 is 20.0 Å². The molecule has 1 N–H and O–H groups in total. The number of halogens is 3. The second-order valence-corrected chi connectivity index (χ2v) is 10.7. The van der Waals surface area contributed by atoms with Crippen LogP contribution in [0.5, 0.6) is 0 Å². The molecule has 7 nitrogen and oxygen atoms in total. The van der Waals surface area contributed by atoms with E-state index >= 15 is 0 Å². The Kier molecular flexibility index (Phi) is 6.45. The molecule has 152 valence electrons. The van der Waals surface area contributed by atoms with Crippen LogP contribution in [-0.4, -0.2) is 47.4 Å². The Morgan fingerprint density at radius 1 is 0.893 bits per heavy atom. The Morgan fingerprint density at radius 3 is 2.21 bits per heavy atom. The standard InChI is InChI=1S/C16H15Cl3N2O5S2/c17-13-9-15(19)16(10-14(13)18)27(22,23)20-11-2-1-3-12(8-11)28(24,25)21-4-6-26-7-5-21/h1-3,8-10,20H,4-7H2. The van der Waals surface area contributed by atoms with E-state index in [9.17, 15) is 16.8 Å². The second kappa shape index (κ2) is 8.35. The maximum absolute atomic E-state index is 12.8. The maximum Gasteiger partial charge on any atom is 0.263 e. The van der Waals surface area contributed by atoms with Crippen molar-refractivity contribution in [1.82, 2.24) is 4.31 Å². The number of hydrogen-bond acceptors (Lipinski definition) is 5. The van der Waals surface area contributed by atoms with Crippen molar-refractivity contribution < 1.29 is 21.6 Å². The van der Waals surface area contributed by atoms with Crippen LogP contribution >= 0.6 is 34.8 Å². The van der Waals surface area contributed by atoms with E-state index in [-0.39, 0.29) is 43.6 Å². The largest absolute Gasteiger partial charge is 0.379 e. The monoisotopic (exact) mass is 484 g/mol. The van der Waals surface area contributed by atoms with Crippen LogP contribution in [-0.2, 0) is 24.8 Å². The Balaban J connectivity index is 1.91. The zero-order chi connectivity index (χ0) is 20.5. The van der Waals surface area contributed by atoms with Gasteiger partial charge in [0.1, 0.15) is 4.90 Å². The smallest absolute Gasteiger partial charge is 0.263 e. The molecule has 1 aliphatic rings. The van der Waals surface area contributed by atoms with Crippen LogP contribution in [0.25, 0.3) is 0 Å². The van der Waals surface area contributed by atoms with Crippen LogP contribution in [0, 0.1) is 0 Å². The predicted octanol–water partition coefficient (Wildman–Crippen LogP) is 3.47. The first kappa shape index (κ1) is 21.6. The topological polar surface area (TPSA) is 92.8 Å². The van der Waals surface area contributed by atoms with Crippen LogP contribution in [0.1, 0.15) is 0 Å². The van der Waals surface area contributed by atoms with Gasteiger partial charge >= 0.3 is 0 Å². The van der Waals surface area contributed by atoms with Gasteiger partial charge in [-0.05, 0) is 30.3 Å². The number of nitrogens with one attached hydrogen (secondary N) is 1. The van der Waals surface area contributed by atoms with Crippen molar-refractivity contribution >= 4 is 60.5 Å². The summed E-state index contributed by atoms with van der Waals surface area (Å²) >= 11 is 17.7. The van der Waals surface area contributed by atoms with Gasteiger partial charge in [0.05, 0.1) is 38.9 Å². The maximum atomic E-state index is 12.8. The van der Waals surface area contributed by atoms with Gasteiger partial charge in [0.2, 0.25) is 10.0 Å². The first-order valence-corrected chi connectivity index (χ1v) is 12.0. The van der Waals surface area contributed by atoms with Crippen molar-refractivity contribution in [1.29, 1.82) is 0 Å². The van der Waals surface area contributed by atoms with Crippen molar-refractivity contribution in [3.63, 3.8) is 0 Å². The Hall–Kier alpha value is -1.07. The van der Waals surface area contributed by atoms with Crippen LogP contribution in [0.3, 0.4) is 0 Å². The van der Waals surface area contributed by atoms with Crippen LogP contribution in [0.2, 0.25) is 15.1 Å². The number of benzene rings is 2. The fraction of sp³-hybridized carbons (Fsp3) is 0.250. The average Bonchev–Trinajstić information content (AvgIpc) is 2.65. The molecular formula is C16H15Cl3N2O5S2. The molecule has 3 rings (SSSR count). The minimum atomic E-state index is -4.12. The number of anilines is 1. The summed E-state index contributed by atoms with van der Waals surface area (Å²) in [6, 6.07) is 7.87. The highest BCUT2D eigenvalue weighted by atomic mass is 35.5. The Morgan fingerprint density at radius 2 is 1.54 bits per heavy atom. The normalized spacial score (nSPS) is 16.1. The van der Waals surface area contributed by atoms with Crippen molar-refractivity contribution in [2.24, 2.45) is 0 Å². The molecule has 0 aliphatic carbocycles. The molecule has 28 heavy (non-hydrogen) atoms. The Labute approximate surface area is 178 Å². The number of morpholine rings is 1. The quantitative estimate of drug-likeness (QED) is 0.655. The summed E-state index contributed by atoms with van der Waals surface area (Å²) in [5.41, 5.74) is 0.0662. The lowest BCUT2D eigenvalue weighted by Gasteiger charge is -2.26. The van der Waals surface area contributed by atoms with Gasteiger partial charge in [-0.2, -0.15) is 4.31 Å². The molecule has 1 saturated heterocycles. The molecular weight excluding hydrogens is 471 g/mol. The van der Waals surface area contributed by atoms with E-state index in [0.29, 0.717) is 13.2 Å². The number of rotatable bonds is 5. The average molecular weight is 486 g/mol. The lowest BCUT2D eigenvalue weighted by atomic mass is 10.3. The number of ether oxygens (including phenoxy) is 1. The molecule has 0 aromatic heterocycles. The molecule has 0 radical (unpaired) electrons. The predicted molar refractivity (Wildman–Crippen MR) is 108 cm³/mol. The summed E-state index contributed by atoms with van der Waals surface area (Å²) in [5.74, 6) is 0. The fourth-order valence-corrected chi connectivity index (χ4v) is 6.08. The fourth-order valence-electron chi connectivity index (χ4n) is 2.58. The molecule has 1 aliphatic heterocycles. The summed E-state index contributed by atoms with van der Waals surface area (Å²) < 4.78 is 59.6. The zero-order valence-electron chi connectivity index (χ0n) is 14.2. The molecule has 0 bridgehead atoms. The highest BCUT2D eigenvalue weighted by molar-refractivity contribution is 7.93. The van der Waals surface area contributed by atoms with Crippen LogP contribution in [0.4, 0.5) is 5.69 Å². The van der Waals surface area contributed by atoms with Gasteiger partial charge in [0.25, 0.3) is 10.0 Å². The van der Waals surface area contributed by atoms with Crippen molar-refractivity contribution in [2.75, 3.05) is 31.0 Å². The number of sulfonamides is 2. The number of nitrogens with zero attached hydrogens (tertiary/aromatic N) is 1. The molecule has 1 heterocycles. The molecule has 2 aromatic carbocycles. The number of hydrogen-bond donors (Lipinski definition) is 1. The summed E-state index contributed by atoms with van der Waals surface area (Å²) in [4.78, 5) is -0.306. The summed E-state index contributed by atoms with van der Waals surface area (Å²) in [6.07, 6.45) is 0. The lowest BCUT2D eigenvalue weighted by Crippen LogP contribution is -2.40. The molecule has 0 saturated carbocycles. The van der Waals surface area contributed by atoms with E-state index in [1.165, 1.54) is 34.6 Å². The van der Waals surface area contributed by atoms with E-state index in [1.54, 1.807) is 0 Å². The van der Waals surface area contributed by atoms with Gasteiger partial charge in [0, 0.05) is 13.1 Å². The highest BCUT2D eigenvalue weighted by Gasteiger charge is 2.27. The third-order valence-electron chi connectivity index (χ3n) is 3.96. The van der Waals surface area contributed by atoms with Gasteiger partial charge in [-0.25, -0.2) is 16.8 Å². The van der Waals surface area contributed by atoms with Gasteiger partial charge in [0.15, 0.2) is 0 Å². The molecule has 2 aromatic rings. The SMILES string of the molecule is O=S(=O)(Nc1cccc(S(=O)(=O)N2CCOCC2)c1)c1cc(Cl)c(Cl)cc1Cl. The Bertz CT molecular complexity index is 1100. The van der Waals surface area contributed by atoms with E-state index in [0.717, 1.165) is 6.07 Å². The molecule has 0 amide bonds. The highest BCUT2D eigenvalue weighted by Crippen LogP contribution is 2.32. The first-order valence-electron chi connectivity index (χ1n) is 7.96. The third-order valence-corrected chi connectivity index (χ3v) is 8.42. The lowest BCUT2D eigenvalue weighted by molar-refractivity contribution is 0.0730. The third kappa shape index (κ3) is 4.56. The van der Waals surface area contributed by atoms with E-state index in [4.69, 9.17) is 39.5 Å². The van der Waals surface area contributed by atoms with E-state index in [1.807, 2.05) is 0 Å². The molecule has 12 heteroatoms. The minimum Gasteiger partial charge on any atom is -0.379 e. The minimum absolute atomic E-state index is 0.0232. The molecule has 0 unspecified atom stereocenters. The van der Waals surface area contributed by atoms with Crippen molar-refractivity contribution in [3.05, 3.63) is 51.5 Å². The van der Waals surface area contributed by atoms with Gasteiger partial charge in [-0.3, -0.25) is 4.72 Å². The van der Waals surface area contributed by atoms with Crippen LogP contribution in [0.15, 0.2) is 46.2 Å². The zero-order valence-corrected chi connectivity index (χ0v) is 18.1. The molecule has 0 spiro atoms. The van der Waals surface area contributed by atoms with Gasteiger partial charge in [-0.1, -0.05) is 40.9 Å². The first-order chi connectivity index (χ1) is 13.1. The second-order valence-electron chi connectivity index (χ2n) is 5.85. The summed E-state index contributed by atoms with van der Waals surface area (Å²) in [7, 11) is -7.90. The van der Waals surface area contributed by atoms with Crippen molar-refractivity contribution in [2.45, 2.75) is 9.79 Å². The summed E-state index contributed by atoms with van der Waals surface area (Å²) in [5, 5.41) is 0.0262. The van der Waals surface area contributed by atoms with E-state index in [2.05, 4.69) is 4.72 Å². The van der Waals surface area contributed by atoms with Gasteiger partial charge < -0.3 is 4.74 Å². The molecule has 0 atom stereocenters. The summed E-state index contributed by atoms with van der Waals surface area (Å²) in [6.45, 7) is 1.08. The van der Waals surface area contributed by atoms with Crippen LogP contribution < -0.4 is 4.72 Å². The molecule has 1 fully saturated rings. The van der Waals surface area contributed by atoms with Crippen molar-refractivity contribution in [3.8, 4) is 0 Å².